The van der Waals surface area contributed by atoms with E-state index in [0.717, 1.165) is 0 Å². The van der Waals surface area contributed by atoms with Gasteiger partial charge in [0.15, 0.2) is 0 Å². The summed E-state index contributed by atoms with van der Waals surface area (Å²) in [5.74, 6) is 1.28. The second kappa shape index (κ2) is 2.35. The summed E-state index contributed by atoms with van der Waals surface area (Å²) in [5.41, 5.74) is 2.77. The molecule has 0 aliphatic heterocycles. The highest BCUT2D eigenvalue weighted by atomic mass is 79.9. The highest BCUT2D eigenvalue weighted by Crippen LogP contribution is 2.57. The van der Waals surface area contributed by atoms with Gasteiger partial charge in [0, 0.05) is 27.2 Å². The van der Waals surface area contributed by atoms with Crippen molar-refractivity contribution < 1.29 is 0 Å². The van der Waals surface area contributed by atoms with Crippen LogP contribution in [-0.4, -0.2) is 19.9 Å². The molecule has 1 aromatic rings. The third-order valence-corrected chi connectivity index (χ3v) is 5.18. The lowest BCUT2D eigenvalue weighted by atomic mass is 9.98. The number of nitrogens with one attached hydrogen (secondary N) is 1. The number of hydrogen-bond donors (Lipinski definition) is 1. The molecule has 1 unspecified atom stereocenters. The molecular weight excluding hydrogens is 284 g/mol. The van der Waals surface area contributed by atoms with Crippen LogP contribution in [0.2, 0.25) is 0 Å². The van der Waals surface area contributed by atoms with Crippen molar-refractivity contribution in [3.05, 3.63) is 17.5 Å². The van der Waals surface area contributed by atoms with Crippen molar-refractivity contribution in [3.63, 3.8) is 0 Å². The minimum absolute atomic E-state index is 0.617. The van der Waals surface area contributed by atoms with Crippen molar-refractivity contribution in [2.75, 3.05) is 0 Å². The molecule has 3 rings (SSSR count). The minimum atomic E-state index is 0.617. The van der Waals surface area contributed by atoms with E-state index in [4.69, 9.17) is 0 Å². The average Bonchev–Trinajstić information content (AvgIpc) is 2.61. The quantitative estimate of drug-likeness (QED) is 0.731. The zero-order valence-electron chi connectivity index (χ0n) is 6.30. The fourth-order valence-corrected chi connectivity index (χ4v) is 5.04. The Morgan fingerprint density at radius 2 is 2.33 bits per heavy atom. The third kappa shape index (κ3) is 0.732. The number of aromatic nitrogens is 2. The molecule has 64 valence electrons. The summed E-state index contributed by atoms with van der Waals surface area (Å²) in [6.07, 6.45) is 3.21. The largest absolute Gasteiger partial charge is 0.282 e. The second-order valence-corrected chi connectivity index (χ2v) is 5.80. The van der Waals surface area contributed by atoms with Gasteiger partial charge in [-0.15, -0.1) is 0 Å². The number of nitrogens with zero attached hydrogens (tertiary/aromatic N) is 1. The van der Waals surface area contributed by atoms with Crippen LogP contribution >= 0.6 is 31.9 Å². The van der Waals surface area contributed by atoms with Gasteiger partial charge >= 0.3 is 0 Å². The molecule has 2 aliphatic rings. The van der Waals surface area contributed by atoms with Crippen LogP contribution in [0.5, 0.6) is 0 Å². The summed E-state index contributed by atoms with van der Waals surface area (Å²) in [4.78, 5) is 1.25. The molecule has 4 atom stereocenters. The predicted molar refractivity (Wildman–Crippen MR) is 54.1 cm³/mol. The van der Waals surface area contributed by atoms with Crippen molar-refractivity contribution >= 4 is 31.9 Å². The Labute approximate surface area is 87.4 Å². The van der Waals surface area contributed by atoms with Gasteiger partial charge in [-0.05, 0) is 12.0 Å². The molecule has 0 amide bonds. The number of rotatable bonds is 0. The molecule has 2 aliphatic carbocycles. The molecule has 0 radical (unpaired) electrons. The first-order valence-electron chi connectivity index (χ1n) is 4.10. The summed E-state index contributed by atoms with van der Waals surface area (Å²) >= 11 is 7.47. The van der Waals surface area contributed by atoms with Gasteiger partial charge in [0.2, 0.25) is 0 Å². The van der Waals surface area contributed by atoms with Gasteiger partial charge in [0.1, 0.15) is 0 Å². The highest BCUT2D eigenvalue weighted by Gasteiger charge is 2.50. The molecule has 2 bridgehead atoms. The van der Waals surface area contributed by atoms with E-state index in [9.17, 15) is 0 Å². The summed E-state index contributed by atoms with van der Waals surface area (Å²) in [5, 5.41) is 7.19. The second-order valence-electron chi connectivity index (χ2n) is 3.57. The van der Waals surface area contributed by atoms with Crippen molar-refractivity contribution in [1.82, 2.24) is 10.2 Å². The minimum Gasteiger partial charge on any atom is -0.282 e. The lowest BCUT2D eigenvalue weighted by Gasteiger charge is -2.14. The maximum atomic E-state index is 4.09. The summed E-state index contributed by atoms with van der Waals surface area (Å²) in [7, 11) is 0. The first-order valence-corrected chi connectivity index (χ1v) is 5.93. The number of alkyl halides is 2. The highest BCUT2D eigenvalue weighted by molar-refractivity contribution is 9.10. The van der Waals surface area contributed by atoms with E-state index < -0.39 is 0 Å². The number of fused-ring (bicyclic) bond motifs is 5. The molecule has 1 N–H and O–H groups in total. The van der Waals surface area contributed by atoms with Crippen LogP contribution in [0.15, 0.2) is 6.20 Å². The molecule has 1 heterocycles. The first-order chi connectivity index (χ1) is 5.79. The van der Waals surface area contributed by atoms with Crippen molar-refractivity contribution in [2.45, 2.75) is 27.9 Å². The Balaban J connectivity index is 2.17. The van der Waals surface area contributed by atoms with Crippen LogP contribution in [0.25, 0.3) is 0 Å². The van der Waals surface area contributed by atoms with Crippen LogP contribution in [-0.2, 0) is 0 Å². The van der Waals surface area contributed by atoms with Crippen molar-refractivity contribution in [1.29, 1.82) is 0 Å². The molecule has 1 aromatic heterocycles. The molecular formula is C8H8Br2N2. The summed E-state index contributed by atoms with van der Waals surface area (Å²) < 4.78 is 0. The number of H-pyrrole nitrogens is 1. The monoisotopic (exact) mass is 290 g/mol. The zero-order valence-corrected chi connectivity index (χ0v) is 9.47. The number of aromatic amines is 1. The van der Waals surface area contributed by atoms with Crippen LogP contribution in [0, 0.1) is 0 Å². The Hall–Kier alpha value is 0.170. The molecule has 12 heavy (non-hydrogen) atoms. The predicted octanol–water partition coefficient (Wildman–Crippen LogP) is 2.52. The Morgan fingerprint density at radius 3 is 3.17 bits per heavy atom. The molecule has 0 spiro atoms. The molecule has 1 saturated carbocycles. The smallest absolute Gasteiger partial charge is 0.0525 e. The van der Waals surface area contributed by atoms with E-state index >= 15 is 0 Å². The zero-order chi connectivity index (χ0) is 8.29. The van der Waals surface area contributed by atoms with E-state index in [1.165, 1.54) is 17.7 Å². The first kappa shape index (κ1) is 7.56. The van der Waals surface area contributed by atoms with Crippen molar-refractivity contribution in [2.24, 2.45) is 0 Å². The van der Waals surface area contributed by atoms with E-state index in [1.807, 2.05) is 6.20 Å². The Morgan fingerprint density at radius 1 is 1.50 bits per heavy atom. The Bertz CT molecular complexity index is 323. The van der Waals surface area contributed by atoms with E-state index in [2.05, 4.69) is 42.1 Å². The molecule has 0 saturated heterocycles. The van der Waals surface area contributed by atoms with Gasteiger partial charge in [-0.2, -0.15) is 5.10 Å². The van der Waals surface area contributed by atoms with Crippen molar-refractivity contribution in [3.8, 4) is 0 Å². The van der Waals surface area contributed by atoms with E-state index in [1.54, 1.807) is 0 Å². The standard InChI is InChI=1S/C8H8Br2N2/c9-5-1-3-7(10)6(5)4-2-11-12-8(3)4/h2-3,5-7H,1H2,(H,11,12)/t3-,5-,6+,7?/m1/s1. The fourth-order valence-electron chi connectivity index (χ4n) is 2.48. The fraction of sp³-hybridized carbons (Fsp3) is 0.625. The van der Waals surface area contributed by atoms with Gasteiger partial charge in [-0.1, -0.05) is 31.9 Å². The average molecular weight is 292 g/mol. The van der Waals surface area contributed by atoms with Gasteiger partial charge in [-0.3, -0.25) is 5.10 Å². The Kier molecular flexibility index (Phi) is 1.48. The van der Waals surface area contributed by atoms with E-state index in [-0.39, 0.29) is 0 Å². The van der Waals surface area contributed by atoms with Crippen LogP contribution in [0.3, 0.4) is 0 Å². The molecule has 1 fully saturated rings. The third-order valence-electron chi connectivity index (χ3n) is 3.03. The maximum Gasteiger partial charge on any atom is 0.0525 e. The maximum absolute atomic E-state index is 4.09. The lowest BCUT2D eigenvalue weighted by molar-refractivity contribution is 0.720. The number of hydrogen-bond acceptors (Lipinski definition) is 1. The lowest BCUT2D eigenvalue weighted by Crippen LogP contribution is -2.09. The molecule has 0 aromatic carbocycles. The summed E-state index contributed by atoms with van der Waals surface area (Å²) in [6, 6.07) is 0. The van der Waals surface area contributed by atoms with Gasteiger partial charge in [0.05, 0.1) is 6.20 Å². The van der Waals surface area contributed by atoms with Gasteiger partial charge < -0.3 is 0 Å². The number of halogens is 2. The van der Waals surface area contributed by atoms with E-state index in [0.29, 0.717) is 21.5 Å². The summed E-state index contributed by atoms with van der Waals surface area (Å²) in [6.45, 7) is 0. The molecule has 2 nitrogen and oxygen atoms in total. The van der Waals surface area contributed by atoms with Crippen LogP contribution in [0.1, 0.15) is 29.5 Å². The SMILES string of the molecule is BrC1[C@H]2c3cn[nH]c3[C@@H]1C[C@H]2Br. The molecule has 4 heteroatoms. The van der Waals surface area contributed by atoms with Crippen LogP contribution in [0.4, 0.5) is 0 Å². The van der Waals surface area contributed by atoms with Crippen LogP contribution < -0.4 is 0 Å². The van der Waals surface area contributed by atoms with Gasteiger partial charge in [0.25, 0.3) is 0 Å². The normalized spacial score (nSPS) is 43.5. The topological polar surface area (TPSA) is 28.7 Å². The van der Waals surface area contributed by atoms with Gasteiger partial charge in [-0.25, -0.2) is 0 Å².